The van der Waals surface area contributed by atoms with Crippen molar-refractivity contribution in [2.24, 2.45) is 5.73 Å². The van der Waals surface area contributed by atoms with Crippen molar-refractivity contribution >= 4 is 5.82 Å². The van der Waals surface area contributed by atoms with Gasteiger partial charge in [-0.15, -0.1) is 0 Å². The number of hydrogen-bond donors (Lipinski definition) is 2. The number of nitriles is 1. The van der Waals surface area contributed by atoms with Gasteiger partial charge in [0.25, 0.3) is 0 Å². The van der Waals surface area contributed by atoms with Crippen LogP contribution in [-0.2, 0) is 0 Å². The normalized spacial score (nSPS) is 12.0. The minimum Gasteiger partial charge on any atom is -0.383 e. The van der Waals surface area contributed by atoms with E-state index in [0.29, 0.717) is 5.82 Å². The molecule has 1 unspecified atom stereocenters. The lowest BCUT2D eigenvalue weighted by atomic mass is 10.1. The van der Waals surface area contributed by atoms with Gasteiger partial charge in [-0.1, -0.05) is 6.07 Å². The molecule has 0 saturated heterocycles. The number of nitrogens with two attached hydrogens (primary N) is 2. The van der Waals surface area contributed by atoms with Crippen molar-refractivity contribution in [3.63, 3.8) is 0 Å². The summed E-state index contributed by atoms with van der Waals surface area (Å²) in [6.07, 6.45) is 1.85. The van der Waals surface area contributed by atoms with Gasteiger partial charge in [0.15, 0.2) is 0 Å². The lowest BCUT2D eigenvalue weighted by Gasteiger charge is -2.08. The highest BCUT2D eigenvalue weighted by Crippen LogP contribution is 2.17. The summed E-state index contributed by atoms with van der Waals surface area (Å²) in [5.74, 6) is 0.403. The van der Waals surface area contributed by atoms with E-state index in [4.69, 9.17) is 16.7 Å². The molecule has 1 aromatic heterocycles. The van der Waals surface area contributed by atoms with Crippen LogP contribution in [0, 0.1) is 11.3 Å². The third-order valence-electron chi connectivity index (χ3n) is 1.58. The zero-order valence-corrected chi connectivity index (χ0v) is 6.57. The third-order valence-corrected chi connectivity index (χ3v) is 1.58. The van der Waals surface area contributed by atoms with Gasteiger partial charge in [-0.2, -0.15) is 5.26 Å². The number of aromatic nitrogens is 1. The fourth-order valence-corrected chi connectivity index (χ4v) is 0.952. The fraction of sp³-hybridized carbons (Fsp3) is 0.250. The molecule has 0 saturated carbocycles. The van der Waals surface area contributed by atoms with E-state index in [2.05, 4.69) is 4.98 Å². The maximum absolute atomic E-state index is 8.40. The number of rotatable bonds is 2. The molecule has 0 spiro atoms. The van der Waals surface area contributed by atoms with E-state index in [0.717, 1.165) is 5.56 Å². The first kappa shape index (κ1) is 8.50. The average molecular weight is 162 g/mol. The predicted molar refractivity (Wildman–Crippen MR) is 45.8 cm³/mol. The zero-order valence-electron chi connectivity index (χ0n) is 6.57. The van der Waals surface area contributed by atoms with Crippen LogP contribution in [-0.4, -0.2) is 4.98 Å². The molecule has 4 nitrogen and oxygen atoms in total. The van der Waals surface area contributed by atoms with Gasteiger partial charge in [-0.25, -0.2) is 4.98 Å². The molecule has 1 aromatic rings. The van der Waals surface area contributed by atoms with Gasteiger partial charge in [0, 0.05) is 17.8 Å². The van der Waals surface area contributed by atoms with Gasteiger partial charge >= 0.3 is 0 Å². The summed E-state index contributed by atoms with van der Waals surface area (Å²) >= 11 is 0. The fourth-order valence-electron chi connectivity index (χ4n) is 0.952. The maximum Gasteiger partial charge on any atom is 0.128 e. The molecule has 1 rings (SSSR count). The Morgan fingerprint density at radius 2 is 2.42 bits per heavy atom. The Balaban J connectivity index is 2.88. The SMILES string of the molecule is N#CCC(N)c1cccnc1N. The Labute approximate surface area is 70.8 Å². The van der Waals surface area contributed by atoms with Gasteiger partial charge < -0.3 is 11.5 Å². The van der Waals surface area contributed by atoms with Crippen LogP contribution in [0.5, 0.6) is 0 Å². The molecule has 1 atom stereocenters. The van der Waals surface area contributed by atoms with E-state index in [1.54, 1.807) is 18.3 Å². The highest BCUT2D eigenvalue weighted by atomic mass is 14.8. The number of nitrogen functional groups attached to an aromatic ring is 1. The van der Waals surface area contributed by atoms with Gasteiger partial charge in [-0.3, -0.25) is 0 Å². The van der Waals surface area contributed by atoms with Crippen molar-refractivity contribution in [1.29, 1.82) is 5.26 Å². The molecule has 0 aliphatic rings. The highest BCUT2D eigenvalue weighted by Gasteiger charge is 2.08. The summed E-state index contributed by atoms with van der Waals surface area (Å²) in [5.41, 5.74) is 12.0. The first-order chi connectivity index (χ1) is 5.75. The molecular formula is C8H10N4. The largest absolute Gasteiger partial charge is 0.383 e. The van der Waals surface area contributed by atoms with Crippen molar-refractivity contribution < 1.29 is 0 Å². The molecule has 0 radical (unpaired) electrons. The lowest BCUT2D eigenvalue weighted by molar-refractivity contribution is 0.747. The van der Waals surface area contributed by atoms with E-state index in [1.165, 1.54) is 0 Å². The van der Waals surface area contributed by atoms with Crippen molar-refractivity contribution in [3.8, 4) is 6.07 Å². The lowest BCUT2D eigenvalue weighted by Crippen LogP contribution is -2.12. The van der Waals surface area contributed by atoms with Crippen LogP contribution in [0.3, 0.4) is 0 Å². The Bertz CT molecular complexity index is 302. The Hall–Kier alpha value is -1.60. The molecule has 0 amide bonds. The van der Waals surface area contributed by atoms with E-state index in [1.807, 2.05) is 6.07 Å². The van der Waals surface area contributed by atoms with E-state index in [9.17, 15) is 0 Å². The molecule has 0 fully saturated rings. The summed E-state index contributed by atoms with van der Waals surface area (Å²) in [4.78, 5) is 3.87. The van der Waals surface area contributed by atoms with Gasteiger partial charge in [0.1, 0.15) is 5.82 Å². The van der Waals surface area contributed by atoms with Crippen molar-refractivity contribution in [1.82, 2.24) is 4.98 Å². The molecule has 4 N–H and O–H groups in total. The van der Waals surface area contributed by atoms with E-state index >= 15 is 0 Å². The average Bonchev–Trinajstić information content (AvgIpc) is 2.05. The van der Waals surface area contributed by atoms with Crippen LogP contribution in [0.15, 0.2) is 18.3 Å². The van der Waals surface area contributed by atoms with Gasteiger partial charge in [0.05, 0.1) is 12.5 Å². The van der Waals surface area contributed by atoms with E-state index < -0.39 is 0 Å². The summed E-state index contributed by atoms with van der Waals surface area (Å²) in [6, 6.07) is 5.19. The second-order valence-corrected chi connectivity index (χ2v) is 2.45. The standard InChI is InChI=1S/C8H10N4/c9-4-3-7(10)6-2-1-5-12-8(6)11/h1-2,5,7H,3,10H2,(H2,11,12). The first-order valence-electron chi connectivity index (χ1n) is 3.58. The topological polar surface area (TPSA) is 88.7 Å². The maximum atomic E-state index is 8.40. The summed E-state index contributed by atoms with van der Waals surface area (Å²) in [5, 5.41) is 8.40. The second kappa shape index (κ2) is 3.69. The summed E-state index contributed by atoms with van der Waals surface area (Å²) in [6.45, 7) is 0. The smallest absolute Gasteiger partial charge is 0.128 e. The van der Waals surface area contributed by atoms with Crippen LogP contribution < -0.4 is 11.5 Å². The molecule has 4 heteroatoms. The second-order valence-electron chi connectivity index (χ2n) is 2.45. The van der Waals surface area contributed by atoms with Crippen LogP contribution in [0.25, 0.3) is 0 Å². The number of hydrogen-bond acceptors (Lipinski definition) is 4. The quantitative estimate of drug-likeness (QED) is 0.665. The van der Waals surface area contributed by atoms with Crippen LogP contribution in [0.2, 0.25) is 0 Å². The number of anilines is 1. The van der Waals surface area contributed by atoms with Crippen molar-refractivity contribution in [3.05, 3.63) is 23.9 Å². The van der Waals surface area contributed by atoms with Gasteiger partial charge in [0.2, 0.25) is 0 Å². The first-order valence-corrected chi connectivity index (χ1v) is 3.58. The number of pyridine rings is 1. The van der Waals surface area contributed by atoms with Crippen LogP contribution >= 0.6 is 0 Å². The molecule has 1 heterocycles. The highest BCUT2D eigenvalue weighted by molar-refractivity contribution is 5.40. The summed E-state index contributed by atoms with van der Waals surface area (Å²) in [7, 11) is 0. The van der Waals surface area contributed by atoms with E-state index in [-0.39, 0.29) is 12.5 Å². The van der Waals surface area contributed by atoms with Gasteiger partial charge in [-0.05, 0) is 6.07 Å². The van der Waals surface area contributed by atoms with Crippen molar-refractivity contribution in [2.45, 2.75) is 12.5 Å². The Morgan fingerprint density at radius 1 is 1.67 bits per heavy atom. The molecule has 0 bridgehead atoms. The predicted octanol–water partition coefficient (Wildman–Crippen LogP) is 0.577. The molecule has 0 aromatic carbocycles. The summed E-state index contributed by atoms with van der Waals surface area (Å²) < 4.78 is 0. The zero-order chi connectivity index (χ0) is 8.97. The van der Waals surface area contributed by atoms with Crippen LogP contribution in [0.1, 0.15) is 18.0 Å². The molecule has 12 heavy (non-hydrogen) atoms. The molecule has 62 valence electrons. The Kier molecular flexibility index (Phi) is 2.62. The van der Waals surface area contributed by atoms with Crippen molar-refractivity contribution in [2.75, 3.05) is 5.73 Å². The van der Waals surface area contributed by atoms with Crippen LogP contribution in [0.4, 0.5) is 5.82 Å². The minimum atomic E-state index is -0.330. The number of nitrogens with zero attached hydrogens (tertiary/aromatic N) is 2. The molecule has 0 aliphatic carbocycles. The third kappa shape index (κ3) is 1.71. The molecule has 0 aliphatic heterocycles. The minimum absolute atomic E-state index is 0.260. The Morgan fingerprint density at radius 3 is 3.00 bits per heavy atom. The monoisotopic (exact) mass is 162 g/mol. The molecular weight excluding hydrogens is 152 g/mol.